The van der Waals surface area contributed by atoms with Crippen molar-refractivity contribution in [2.45, 2.75) is 25.5 Å². The minimum atomic E-state index is -0.335. The average Bonchev–Trinajstić information content (AvgIpc) is 3.23. The Morgan fingerprint density at radius 1 is 1.00 bits per heavy atom. The topological polar surface area (TPSA) is 75.0 Å². The standard InChI is InChI=1S/C27H24ClN3O4/c28-18-6-5-17-16-34-27(33)31(23(17)13-18)20-9-11-30(12-10-20)15-26(32)29-19-7-8-25-22(14-19)21-3-1-2-4-24(21)35-25/h1-8,13-14,20H,9-12,15-16H2,(H,29,32). The number of fused-ring (bicyclic) bond motifs is 4. The van der Waals surface area contributed by atoms with Crippen LogP contribution in [0.4, 0.5) is 16.2 Å². The maximum absolute atomic E-state index is 12.8. The molecule has 2 amide bonds. The summed E-state index contributed by atoms with van der Waals surface area (Å²) in [7, 11) is 0. The number of anilines is 2. The number of piperidine rings is 1. The third kappa shape index (κ3) is 4.22. The number of halogens is 1. The Morgan fingerprint density at radius 3 is 2.66 bits per heavy atom. The fourth-order valence-corrected chi connectivity index (χ4v) is 5.25. The number of amides is 2. The number of furan rings is 1. The van der Waals surface area contributed by atoms with Crippen LogP contribution < -0.4 is 10.2 Å². The number of benzene rings is 3. The molecule has 6 rings (SSSR count). The summed E-state index contributed by atoms with van der Waals surface area (Å²) in [6.07, 6.45) is 1.17. The molecule has 35 heavy (non-hydrogen) atoms. The molecule has 1 aromatic heterocycles. The van der Waals surface area contributed by atoms with E-state index < -0.39 is 0 Å². The number of ether oxygens (including phenoxy) is 1. The van der Waals surface area contributed by atoms with E-state index in [0.29, 0.717) is 24.7 Å². The maximum atomic E-state index is 12.8. The number of likely N-dealkylation sites (tertiary alicyclic amines) is 1. The van der Waals surface area contributed by atoms with Crippen LogP contribution in [-0.4, -0.2) is 42.6 Å². The van der Waals surface area contributed by atoms with Crippen molar-refractivity contribution in [3.63, 3.8) is 0 Å². The van der Waals surface area contributed by atoms with Crippen molar-refractivity contribution in [2.24, 2.45) is 0 Å². The number of hydrogen-bond donors (Lipinski definition) is 1. The van der Waals surface area contributed by atoms with Crippen molar-refractivity contribution in [3.05, 3.63) is 71.2 Å². The van der Waals surface area contributed by atoms with E-state index in [2.05, 4.69) is 10.2 Å². The molecule has 3 aromatic carbocycles. The molecule has 3 heterocycles. The second-order valence-corrected chi connectivity index (χ2v) is 9.50. The molecule has 178 valence electrons. The van der Waals surface area contributed by atoms with E-state index >= 15 is 0 Å². The molecule has 1 N–H and O–H groups in total. The first-order valence-corrected chi connectivity index (χ1v) is 12.1. The highest BCUT2D eigenvalue weighted by atomic mass is 35.5. The monoisotopic (exact) mass is 489 g/mol. The Labute approximate surface area is 207 Å². The molecule has 0 bridgehead atoms. The molecular weight excluding hydrogens is 466 g/mol. The number of para-hydroxylation sites is 1. The highest BCUT2D eigenvalue weighted by Crippen LogP contribution is 2.34. The van der Waals surface area contributed by atoms with Gasteiger partial charge >= 0.3 is 6.09 Å². The lowest BCUT2D eigenvalue weighted by Gasteiger charge is -2.40. The average molecular weight is 490 g/mol. The summed E-state index contributed by atoms with van der Waals surface area (Å²) >= 11 is 6.19. The summed E-state index contributed by atoms with van der Waals surface area (Å²) in [5.41, 5.74) is 4.15. The Balaban J connectivity index is 1.09. The van der Waals surface area contributed by atoms with Crippen LogP contribution in [0.3, 0.4) is 0 Å². The molecule has 0 spiro atoms. The van der Waals surface area contributed by atoms with Crippen molar-refractivity contribution < 1.29 is 18.7 Å². The van der Waals surface area contributed by atoms with Gasteiger partial charge in [-0.15, -0.1) is 0 Å². The van der Waals surface area contributed by atoms with Crippen molar-refractivity contribution in [1.82, 2.24) is 4.90 Å². The maximum Gasteiger partial charge on any atom is 0.414 e. The van der Waals surface area contributed by atoms with Crippen LogP contribution in [-0.2, 0) is 16.1 Å². The Morgan fingerprint density at radius 2 is 1.80 bits per heavy atom. The van der Waals surface area contributed by atoms with E-state index in [1.165, 1.54) is 0 Å². The molecule has 2 aliphatic heterocycles. The number of hydrogen-bond acceptors (Lipinski definition) is 5. The summed E-state index contributed by atoms with van der Waals surface area (Å²) in [5, 5.41) is 5.62. The van der Waals surface area contributed by atoms with E-state index in [1.807, 2.05) is 60.7 Å². The van der Waals surface area contributed by atoms with Gasteiger partial charge in [0.1, 0.15) is 17.8 Å². The van der Waals surface area contributed by atoms with Gasteiger partial charge in [-0.3, -0.25) is 14.6 Å². The van der Waals surface area contributed by atoms with Gasteiger partial charge in [0.05, 0.1) is 12.2 Å². The van der Waals surface area contributed by atoms with Gasteiger partial charge in [-0.2, -0.15) is 0 Å². The van der Waals surface area contributed by atoms with E-state index in [4.69, 9.17) is 20.8 Å². The van der Waals surface area contributed by atoms with E-state index in [1.54, 1.807) is 4.90 Å². The van der Waals surface area contributed by atoms with Crippen LogP contribution >= 0.6 is 11.6 Å². The summed E-state index contributed by atoms with van der Waals surface area (Å²) in [5.74, 6) is -0.0647. The van der Waals surface area contributed by atoms with Gasteiger partial charge in [0.15, 0.2) is 0 Å². The van der Waals surface area contributed by atoms with E-state index in [9.17, 15) is 9.59 Å². The molecule has 0 radical (unpaired) electrons. The van der Waals surface area contributed by atoms with Crippen LogP contribution in [0.15, 0.2) is 65.1 Å². The Bertz CT molecular complexity index is 1440. The first-order valence-electron chi connectivity index (χ1n) is 11.7. The van der Waals surface area contributed by atoms with Gasteiger partial charge in [-0.05, 0) is 49.2 Å². The first kappa shape index (κ1) is 21.9. The number of nitrogens with one attached hydrogen (secondary N) is 1. The highest BCUT2D eigenvalue weighted by Gasteiger charge is 2.34. The molecule has 0 aliphatic carbocycles. The lowest BCUT2D eigenvalue weighted by atomic mass is 10.0. The molecule has 0 unspecified atom stereocenters. The molecule has 2 aliphatic rings. The Kier molecular flexibility index (Phi) is 5.59. The van der Waals surface area contributed by atoms with E-state index in [-0.39, 0.29) is 24.6 Å². The fraction of sp³-hybridized carbons (Fsp3) is 0.259. The molecule has 7 nitrogen and oxygen atoms in total. The largest absolute Gasteiger partial charge is 0.456 e. The first-order chi connectivity index (χ1) is 17.0. The second kappa shape index (κ2) is 8.91. The smallest absolute Gasteiger partial charge is 0.414 e. The summed E-state index contributed by atoms with van der Waals surface area (Å²) in [6.45, 7) is 1.98. The van der Waals surface area contributed by atoms with Gasteiger partial charge in [0.25, 0.3) is 0 Å². The lowest BCUT2D eigenvalue weighted by Crippen LogP contribution is -2.50. The zero-order chi connectivity index (χ0) is 23.9. The number of nitrogens with zero attached hydrogens (tertiary/aromatic N) is 2. The molecule has 1 fully saturated rings. The third-order valence-electron chi connectivity index (χ3n) is 6.80. The molecule has 4 aromatic rings. The van der Waals surface area contributed by atoms with Gasteiger partial charge in [-0.25, -0.2) is 4.79 Å². The predicted octanol–water partition coefficient (Wildman–Crippen LogP) is 5.80. The van der Waals surface area contributed by atoms with Crippen LogP contribution in [0.5, 0.6) is 0 Å². The summed E-state index contributed by atoms with van der Waals surface area (Å²) in [4.78, 5) is 29.2. The summed E-state index contributed by atoms with van der Waals surface area (Å²) < 4.78 is 11.2. The quantitative estimate of drug-likeness (QED) is 0.392. The minimum absolute atomic E-state index is 0.0103. The SMILES string of the molecule is O=C(CN1CCC(N2C(=O)OCc3ccc(Cl)cc32)CC1)Nc1ccc2oc3ccccc3c2c1. The van der Waals surface area contributed by atoms with Crippen LogP contribution in [0, 0.1) is 0 Å². The molecule has 0 saturated carbocycles. The minimum Gasteiger partial charge on any atom is -0.456 e. The Hall–Kier alpha value is -3.55. The second-order valence-electron chi connectivity index (χ2n) is 9.06. The van der Waals surface area contributed by atoms with Crippen LogP contribution in [0.1, 0.15) is 18.4 Å². The van der Waals surface area contributed by atoms with Gasteiger partial charge < -0.3 is 14.5 Å². The summed E-state index contributed by atoms with van der Waals surface area (Å²) in [6, 6.07) is 19.1. The zero-order valence-corrected chi connectivity index (χ0v) is 19.8. The van der Waals surface area contributed by atoms with Gasteiger partial charge in [0, 0.05) is 46.2 Å². The predicted molar refractivity (Wildman–Crippen MR) is 136 cm³/mol. The van der Waals surface area contributed by atoms with E-state index in [0.717, 1.165) is 51.7 Å². The number of carbonyl (C=O) groups is 2. The molecule has 1 saturated heterocycles. The molecule has 0 atom stereocenters. The van der Waals surface area contributed by atoms with Gasteiger partial charge in [-0.1, -0.05) is 35.9 Å². The lowest BCUT2D eigenvalue weighted by molar-refractivity contribution is -0.117. The van der Waals surface area contributed by atoms with Gasteiger partial charge in [0.2, 0.25) is 5.91 Å². The number of carbonyl (C=O) groups excluding carboxylic acids is 2. The van der Waals surface area contributed by atoms with Crippen molar-refractivity contribution in [3.8, 4) is 0 Å². The number of rotatable bonds is 4. The highest BCUT2D eigenvalue weighted by molar-refractivity contribution is 6.31. The third-order valence-corrected chi connectivity index (χ3v) is 7.04. The van der Waals surface area contributed by atoms with Crippen molar-refractivity contribution >= 4 is 56.9 Å². The molecule has 8 heteroatoms. The van der Waals surface area contributed by atoms with Crippen molar-refractivity contribution in [1.29, 1.82) is 0 Å². The van der Waals surface area contributed by atoms with Crippen molar-refractivity contribution in [2.75, 3.05) is 29.9 Å². The van der Waals surface area contributed by atoms with Crippen LogP contribution in [0.2, 0.25) is 5.02 Å². The number of cyclic esters (lactones) is 1. The van der Waals surface area contributed by atoms with Crippen LogP contribution in [0.25, 0.3) is 21.9 Å². The normalized spacial score (nSPS) is 16.9. The molecular formula is C27H24ClN3O4. The fourth-order valence-electron chi connectivity index (χ4n) is 5.08. The zero-order valence-electron chi connectivity index (χ0n) is 19.0.